The number of benzene rings is 3. The van der Waals surface area contributed by atoms with E-state index in [0.29, 0.717) is 27.7 Å². The van der Waals surface area contributed by atoms with E-state index in [1.54, 1.807) is 48.5 Å². The van der Waals surface area contributed by atoms with E-state index in [1.807, 2.05) is 38.1 Å². The average Bonchev–Trinajstić information content (AvgIpc) is 2.80. The Morgan fingerprint density at radius 1 is 1.00 bits per heavy atom. The molecule has 0 bridgehead atoms. The van der Waals surface area contributed by atoms with Gasteiger partial charge in [0.15, 0.2) is 6.61 Å². The number of ether oxygens (including phenoxy) is 1. The van der Waals surface area contributed by atoms with Gasteiger partial charge in [-0.3, -0.25) is 9.59 Å². The largest absolute Gasteiger partial charge is 0.483 e. The monoisotopic (exact) mass is 459 g/mol. The maximum Gasteiger partial charge on any atom is 0.266 e. The highest BCUT2D eigenvalue weighted by atomic mass is 35.5. The summed E-state index contributed by atoms with van der Waals surface area (Å²) >= 11 is 6.09. The van der Waals surface area contributed by atoms with Crippen LogP contribution in [0.15, 0.2) is 72.3 Å². The Kier molecular flexibility index (Phi) is 7.85. The Morgan fingerprint density at radius 2 is 1.73 bits per heavy atom. The first-order valence-corrected chi connectivity index (χ1v) is 10.5. The molecular formula is C26H22ClN3O3. The maximum atomic E-state index is 12.6. The molecule has 2 amide bonds. The average molecular weight is 460 g/mol. The Hall–Kier alpha value is -4.08. The summed E-state index contributed by atoms with van der Waals surface area (Å²) in [5.74, 6) is -0.534. The number of nitrogens with one attached hydrogen (secondary N) is 2. The fraction of sp³-hybridized carbons (Fsp3) is 0.115. The topological polar surface area (TPSA) is 91.2 Å². The van der Waals surface area contributed by atoms with E-state index in [0.717, 1.165) is 11.1 Å². The molecule has 7 heteroatoms. The second kappa shape index (κ2) is 11.0. The second-order valence-corrected chi connectivity index (χ2v) is 7.68. The van der Waals surface area contributed by atoms with Crippen LogP contribution in [0, 0.1) is 25.2 Å². The number of aryl methyl sites for hydroxylation is 2. The van der Waals surface area contributed by atoms with Crippen molar-refractivity contribution in [1.29, 1.82) is 5.26 Å². The van der Waals surface area contributed by atoms with E-state index < -0.39 is 5.91 Å². The molecule has 0 fully saturated rings. The van der Waals surface area contributed by atoms with Crippen molar-refractivity contribution in [3.8, 4) is 11.8 Å². The standard InChI is InChI=1S/C26H22ClN3O3/c1-17-11-12-21(14-22(17)27)29-25(31)16-33-24-10-6-4-8-19(24)13-20(15-28)26(32)30-23-9-5-3-7-18(23)2/h3-14H,16H2,1-2H3,(H,29,31)(H,30,32)/b20-13-. The van der Waals surface area contributed by atoms with Crippen LogP contribution in [0.3, 0.4) is 0 Å². The molecule has 0 saturated heterocycles. The van der Waals surface area contributed by atoms with Crippen LogP contribution in [0.5, 0.6) is 5.75 Å². The Bertz CT molecular complexity index is 1260. The van der Waals surface area contributed by atoms with E-state index in [4.69, 9.17) is 16.3 Å². The van der Waals surface area contributed by atoms with Gasteiger partial charge >= 0.3 is 0 Å². The quantitative estimate of drug-likeness (QED) is 0.359. The van der Waals surface area contributed by atoms with Crippen molar-refractivity contribution in [3.63, 3.8) is 0 Å². The number of carbonyl (C=O) groups is 2. The summed E-state index contributed by atoms with van der Waals surface area (Å²) in [5, 5.41) is 15.5. The van der Waals surface area contributed by atoms with Crippen LogP contribution in [0.2, 0.25) is 5.02 Å². The van der Waals surface area contributed by atoms with Crippen LogP contribution in [0.1, 0.15) is 16.7 Å². The predicted octanol–water partition coefficient (Wildman–Crippen LogP) is 5.52. The second-order valence-electron chi connectivity index (χ2n) is 7.28. The summed E-state index contributed by atoms with van der Waals surface area (Å²) in [6.07, 6.45) is 1.43. The number of halogens is 1. The molecule has 0 aromatic heterocycles. The minimum atomic E-state index is -0.532. The van der Waals surface area contributed by atoms with Gasteiger partial charge in [0.1, 0.15) is 17.4 Å². The van der Waals surface area contributed by atoms with Gasteiger partial charge in [-0.25, -0.2) is 0 Å². The number of para-hydroxylation sites is 2. The molecule has 3 rings (SSSR count). The molecule has 0 radical (unpaired) electrons. The van der Waals surface area contributed by atoms with Crippen molar-refractivity contribution in [2.45, 2.75) is 13.8 Å². The molecule has 0 unspecified atom stereocenters. The molecule has 3 aromatic rings. The number of anilines is 2. The smallest absolute Gasteiger partial charge is 0.266 e. The lowest BCUT2D eigenvalue weighted by Gasteiger charge is -2.11. The van der Waals surface area contributed by atoms with E-state index in [9.17, 15) is 14.9 Å². The van der Waals surface area contributed by atoms with Crippen LogP contribution < -0.4 is 15.4 Å². The third-order valence-corrected chi connectivity index (χ3v) is 5.20. The lowest BCUT2D eigenvalue weighted by molar-refractivity contribution is -0.118. The molecule has 0 spiro atoms. The number of carbonyl (C=O) groups excluding carboxylic acids is 2. The lowest BCUT2D eigenvalue weighted by Crippen LogP contribution is -2.20. The highest BCUT2D eigenvalue weighted by Gasteiger charge is 2.13. The SMILES string of the molecule is Cc1ccc(NC(=O)COc2ccccc2/C=C(/C#N)C(=O)Nc2ccccc2C)cc1Cl. The number of rotatable bonds is 7. The molecular weight excluding hydrogens is 438 g/mol. The van der Waals surface area contributed by atoms with Gasteiger partial charge in [0, 0.05) is 22.0 Å². The van der Waals surface area contributed by atoms with Gasteiger partial charge in [-0.1, -0.05) is 54.1 Å². The Labute approximate surface area is 197 Å². The lowest BCUT2D eigenvalue weighted by atomic mass is 10.1. The van der Waals surface area contributed by atoms with Crippen molar-refractivity contribution >= 4 is 40.9 Å². The molecule has 33 heavy (non-hydrogen) atoms. The third-order valence-electron chi connectivity index (χ3n) is 4.79. The summed E-state index contributed by atoms with van der Waals surface area (Å²) in [6, 6.07) is 21.3. The molecule has 6 nitrogen and oxygen atoms in total. The number of hydrogen-bond acceptors (Lipinski definition) is 4. The molecule has 0 atom stereocenters. The number of nitriles is 1. The molecule has 2 N–H and O–H groups in total. The van der Waals surface area contributed by atoms with Crippen LogP contribution in [-0.4, -0.2) is 18.4 Å². The highest BCUT2D eigenvalue weighted by molar-refractivity contribution is 6.31. The molecule has 0 aliphatic carbocycles. The van der Waals surface area contributed by atoms with Crippen molar-refractivity contribution in [1.82, 2.24) is 0 Å². The fourth-order valence-corrected chi connectivity index (χ4v) is 3.13. The molecule has 166 valence electrons. The number of amides is 2. The molecule has 0 saturated carbocycles. The van der Waals surface area contributed by atoms with Gasteiger partial charge in [-0.15, -0.1) is 0 Å². The van der Waals surface area contributed by atoms with Crippen molar-refractivity contribution < 1.29 is 14.3 Å². The zero-order valence-electron chi connectivity index (χ0n) is 18.2. The van der Waals surface area contributed by atoms with Gasteiger partial charge in [-0.05, 0) is 55.3 Å². The zero-order valence-corrected chi connectivity index (χ0v) is 18.9. The fourth-order valence-electron chi connectivity index (χ4n) is 2.95. The van der Waals surface area contributed by atoms with E-state index in [2.05, 4.69) is 10.6 Å². The maximum absolute atomic E-state index is 12.6. The van der Waals surface area contributed by atoms with Gasteiger partial charge in [0.2, 0.25) is 0 Å². The number of nitrogens with zero attached hydrogens (tertiary/aromatic N) is 1. The van der Waals surface area contributed by atoms with Crippen LogP contribution in [-0.2, 0) is 9.59 Å². The van der Waals surface area contributed by atoms with E-state index in [1.165, 1.54) is 6.08 Å². The zero-order chi connectivity index (χ0) is 23.8. The van der Waals surface area contributed by atoms with Crippen molar-refractivity contribution in [3.05, 3.63) is 94.0 Å². The first-order valence-electron chi connectivity index (χ1n) is 10.1. The van der Waals surface area contributed by atoms with E-state index in [-0.39, 0.29) is 18.1 Å². The van der Waals surface area contributed by atoms with Crippen LogP contribution in [0.25, 0.3) is 6.08 Å². The molecule has 0 aliphatic heterocycles. The minimum absolute atomic E-state index is 0.0898. The number of hydrogen-bond donors (Lipinski definition) is 2. The van der Waals surface area contributed by atoms with Gasteiger partial charge in [0.25, 0.3) is 11.8 Å². The molecule has 0 aliphatic rings. The van der Waals surface area contributed by atoms with Crippen LogP contribution >= 0.6 is 11.6 Å². The van der Waals surface area contributed by atoms with Gasteiger partial charge < -0.3 is 15.4 Å². The molecule has 0 heterocycles. The first kappa shape index (κ1) is 23.6. The Balaban J connectivity index is 1.70. The van der Waals surface area contributed by atoms with Gasteiger partial charge in [0.05, 0.1) is 0 Å². The summed E-state index contributed by atoms with van der Waals surface area (Å²) in [4.78, 5) is 24.9. The predicted molar refractivity (Wildman–Crippen MR) is 130 cm³/mol. The summed E-state index contributed by atoms with van der Waals surface area (Å²) < 4.78 is 5.66. The van der Waals surface area contributed by atoms with E-state index >= 15 is 0 Å². The highest BCUT2D eigenvalue weighted by Crippen LogP contribution is 2.23. The summed E-state index contributed by atoms with van der Waals surface area (Å²) in [6.45, 7) is 3.48. The normalized spacial score (nSPS) is 10.8. The van der Waals surface area contributed by atoms with Crippen molar-refractivity contribution in [2.24, 2.45) is 0 Å². The van der Waals surface area contributed by atoms with Gasteiger partial charge in [-0.2, -0.15) is 5.26 Å². The third kappa shape index (κ3) is 6.45. The Morgan fingerprint density at radius 3 is 2.45 bits per heavy atom. The minimum Gasteiger partial charge on any atom is -0.483 e. The van der Waals surface area contributed by atoms with Crippen molar-refractivity contribution in [2.75, 3.05) is 17.2 Å². The summed E-state index contributed by atoms with van der Waals surface area (Å²) in [7, 11) is 0. The molecule has 3 aromatic carbocycles. The van der Waals surface area contributed by atoms with Crippen LogP contribution in [0.4, 0.5) is 11.4 Å². The first-order chi connectivity index (χ1) is 15.9. The summed E-state index contributed by atoms with van der Waals surface area (Å²) in [5.41, 5.74) is 3.39.